The fourth-order valence-electron chi connectivity index (χ4n) is 0.956. The molecule has 1 aromatic carbocycles. The molecule has 1 N–H and O–H groups in total. The minimum absolute atomic E-state index is 0.205. The number of rotatable bonds is 3. The Labute approximate surface area is 100 Å². The molecule has 0 atom stereocenters. The summed E-state index contributed by atoms with van der Waals surface area (Å²) < 4.78 is 2.26. The van der Waals surface area contributed by atoms with E-state index in [1.54, 1.807) is 0 Å². The van der Waals surface area contributed by atoms with Crippen LogP contribution in [0.3, 0.4) is 0 Å². The van der Waals surface area contributed by atoms with Gasteiger partial charge < -0.3 is 5.11 Å². The highest BCUT2D eigenvalue weighted by Gasteiger charge is 2.00. The highest BCUT2D eigenvalue weighted by Crippen LogP contribution is 2.28. The first-order valence-corrected chi connectivity index (χ1v) is 5.84. The molecule has 0 bridgehead atoms. The number of aliphatic hydroxyl groups excluding tert-OH is 1. The first-order valence-electron chi connectivity index (χ1n) is 3.97. The molecule has 0 saturated carbocycles. The third kappa shape index (κ3) is 3.40. The summed E-state index contributed by atoms with van der Waals surface area (Å²) in [6, 6.07) is 8.07. The zero-order valence-corrected chi connectivity index (χ0v) is 10.7. The van der Waals surface area contributed by atoms with E-state index in [1.807, 2.05) is 24.3 Å². The first-order chi connectivity index (χ1) is 6.25. The lowest BCUT2D eigenvalue weighted by Crippen LogP contribution is -1.81. The summed E-state index contributed by atoms with van der Waals surface area (Å²) in [4.78, 5) is 0. The van der Waals surface area contributed by atoms with Crippen LogP contribution in [0.1, 0.15) is 12.0 Å². The number of benzene rings is 1. The lowest BCUT2D eigenvalue weighted by molar-refractivity contribution is 0.303. The van der Waals surface area contributed by atoms with Crippen LogP contribution < -0.4 is 0 Å². The third-order valence-corrected chi connectivity index (χ3v) is 3.30. The summed E-state index contributed by atoms with van der Waals surface area (Å²) in [5.41, 5.74) is 1.18. The van der Waals surface area contributed by atoms with E-state index in [0.29, 0.717) is 6.42 Å². The molecule has 0 spiro atoms. The molecule has 1 aromatic rings. The Balaban J connectivity index is 2.88. The zero-order chi connectivity index (χ0) is 9.68. The van der Waals surface area contributed by atoms with Crippen molar-refractivity contribution in [1.82, 2.24) is 0 Å². The second-order valence-corrected chi connectivity index (χ2v) is 4.56. The normalized spacial score (nSPS) is 11.8. The lowest BCUT2D eigenvalue weighted by Gasteiger charge is -2.02. The van der Waals surface area contributed by atoms with Crippen molar-refractivity contribution in [2.45, 2.75) is 6.42 Å². The molecule has 0 aliphatic heterocycles. The Morgan fingerprint density at radius 3 is 2.77 bits per heavy atom. The Morgan fingerprint density at radius 2 is 2.15 bits per heavy atom. The smallest absolute Gasteiger partial charge is 0.0466 e. The quantitative estimate of drug-likeness (QED) is 0.824. The lowest BCUT2D eigenvalue weighted by atomic mass is 10.2. The van der Waals surface area contributed by atoms with Crippen LogP contribution in [0, 0.1) is 0 Å². The molecule has 0 amide bonds. The van der Waals surface area contributed by atoms with Gasteiger partial charge in [-0.15, -0.1) is 0 Å². The SMILES string of the molecule is OCC/C=C(/I)c1ccccc1Br. The Hall–Kier alpha value is 0.130. The number of hydrogen-bond acceptors (Lipinski definition) is 1. The molecule has 0 radical (unpaired) electrons. The van der Waals surface area contributed by atoms with E-state index in [-0.39, 0.29) is 6.61 Å². The average Bonchev–Trinajstić information content (AvgIpc) is 2.15. The molecule has 0 saturated heterocycles. The van der Waals surface area contributed by atoms with Crippen molar-refractivity contribution < 1.29 is 5.11 Å². The van der Waals surface area contributed by atoms with E-state index in [9.17, 15) is 0 Å². The monoisotopic (exact) mass is 352 g/mol. The van der Waals surface area contributed by atoms with Gasteiger partial charge in [-0.25, -0.2) is 0 Å². The van der Waals surface area contributed by atoms with Crippen LogP contribution in [0.25, 0.3) is 3.58 Å². The van der Waals surface area contributed by atoms with E-state index in [1.165, 1.54) is 9.14 Å². The minimum Gasteiger partial charge on any atom is -0.396 e. The molecule has 13 heavy (non-hydrogen) atoms. The summed E-state index contributed by atoms with van der Waals surface area (Å²) in [6.45, 7) is 0.205. The Morgan fingerprint density at radius 1 is 1.46 bits per heavy atom. The van der Waals surface area contributed by atoms with Crippen LogP contribution in [-0.4, -0.2) is 11.7 Å². The van der Waals surface area contributed by atoms with Gasteiger partial charge in [0.1, 0.15) is 0 Å². The fraction of sp³-hybridized carbons (Fsp3) is 0.200. The molecule has 0 aliphatic rings. The van der Waals surface area contributed by atoms with Crippen molar-refractivity contribution in [2.75, 3.05) is 6.61 Å². The van der Waals surface area contributed by atoms with Crippen LogP contribution >= 0.6 is 38.5 Å². The number of aliphatic hydroxyl groups is 1. The molecular formula is C10H10BrIO. The predicted octanol–water partition coefficient (Wildman–Crippen LogP) is 3.61. The van der Waals surface area contributed by atoms with Gasteiger partial charge in [0.05, 0.1) is 0 Å². The van der Waals surface area contributed by atoms with Crippen LogP contribution in [0.4, 0.5) is 0 Å². The van der Waals surface area contributed by atoms with Crippen molar-refractivity contribution in [3.05, 3.63) is 40.4 Å². The van der Waals surface area contributed by atoms with Gasteiger partial charge in [0.2, 0.25) is 0 Å². The molecule has 0 unspecified atom stereocenters. The second-order valence-electron chi connectivity index (χ2n) is 2.54. The number of halogens is 2. The van der Waals surface area contributed by atoms with Crippen molar-refractivity contribution in [2.24, 2.45) is 0 Å². The summed E-state index contributed by atoms with van der Waals surface area (Å²) in [5.74, 6) is 0. The zero-order valence-electron chi connectivity index (χ0n) is 7.00. The maximum absolute atomic E-state index is 8.67. The van der Waals surface area contributed by atoms with Crippen molar-refractivity contribution in [3.63, 3.8) is 0 Å². The third-order valence-electron chi connectivity index (χ3n) is 1.58. The fourth-order valence-corrected chi connectivity index (χ4v) is 2.61. The van der Waals surface area contributed by atoms with Crippen LogP contribution in [0.5, 0.6) is 0 Å². The van der Waals surface area contributed by atoms with Crippen LogP contribution in [0.2, 0.25) is 0 Å². The van der Waals surface area contributed by atoms with Crippen LogP contribution in [-0.2, 0) is 0 Å². The molecular weight excluding hydrogens is 343 g/mol. The van der Waals surface area contributed by atoms with E-state index in [0.717, 1.165) is 4.47 Å². The van der Waals surface area contributed by atoms with Gasteiger partial charge in [-0.2, -0.15) is 0 Å². The highest BCUT2D eigenvalue weighted by atomic mass is 127. The maximum Gasteiger partial charge on any atom is 0.0466 e. The van der Waals surface area contributed by atoms with Gasteiger partial charge in [-0.1, -0.05) is 40.2 Å². The molecule has 0 heterocycles. The Bertz CT molecular complexity index is 310. The van der Waals surface area contributed by atoms with Gasteiger partial charge in [0.25, 0.3) is 0 Å². The topological polar surface area (TPSA) is 20.2 Å². The minimum atomic E-state index is 0.205. The number of hydrogen-bond donors (Lipinski definition) is 1. The Kier molecular flexibility index (Phi) is 4.98. The van der Waals surface area contributed by atoms with Crippen molar-refractivity contribution in [1.29, 1.82) is 0 Å². The van der Waals surface area contributed by atoms with E-state index < -0.39 is 0 Å². The van der Waals surface area contributed by atoms with Gasteiger partial charge in [0.15, 0.2) is 0 Å². The second kappa shape index (κ2) is 5.78. The van der Waals surface area contributed by atoms with Crippen molar-refractivity contribution in [3.8, 4) is 0 Å². The molecule has 70 valence electrons. The van der Waals surface area contributed by atoms with Crippen LogP contribution in [0.15, 0.2) is 34.8 Å². The molecule has 0 fully saturated rings. The predicted molar refractivity (Wildman–Crippen MR) is 67.8 cm³/mol. The largest absolute Gasteiger partial charge is 0.396 e. The highest BCUT2D eigenvalue weighted by molar-refractivity contribution is 14.1. The molecule has 3 heteroatoms. The van der Waals surface area contributed by atoms with Gasteiger partial charge in [0, 0.05) is 20.2 Å². The van der Waals surface area contributed by atoms with Gasteiger partial charge in [-0.3, -0.25) is 0 Å². The molecule has 1 rings (SSSR count). The summed E-state index contributed by atoms with van der Waals surface area (Å²) >= 11 is 5.76. The molecule has 0 aromatic heterocycles. The average molecular weight is 353 g/mol. The summed E-state index contributed by atoms with van der Waals surface area (Å²) in [5, 5.41) is 8.67. The van der Waals surface area contributed by atoms with E-state index in [4.69, 9.17) is 5.11 Å². The van der Waals surface area contributed by atoms with Gasteiger partial charge in [-0.05, 0) is 35.1 Å². The molecule has 0 aliphatic carbocycles. The van der Waals surface area contributed by atoms with Gasteiger partial charge >= 0.3 is 0 Å². The standard InChI is InChI=1S/C10H10BrIO/c11-9-5-2-1-4-8(9)10(12)6-3-7-13/h1-2,4-6,13H,3,7H2/b10-6+. The summed E-state index contributed by atoms with van der Waals surface area (Å²) in [6.07, 6.45) is 2.74. The van der Waals surface area contributed by atoms with Crippen molar-refractivity contribution >= 4 is 42.1 Å². The maximum atomic E-state index is 8.67. The molecule has 1 nitrogen and oxygen atoms in total. The van der Waals surface area contributed by atoms with E-state index in [2.05, 4.69) is 44.6 Å². The van der Waals surface area contributed by atoms with E-state index >= 15 is 0 Å². The summed E-state index contributed by atoms with van der Waals surface area (Å²) in [7, 11) is 0. The first kappa shape index (κ1) is 11.2.